The number of para-hydroxylation sites is 1. The molecule has 0 aromatic heterocycles. The van der Waals surface area contributed by atoms with E-state index in [9.17, 15) is 14.9 Å². The monoisotopic (exact) mass is 447 g/mol. The van der Waals surface area contributed by atoms with Gasteiger partial charge < -0.3 is 9.47 Å². The lowest BCUT2D eigenvalue weighted by atomic mass is 10.1. The standard InChI is InChI=1S/C19H18BrN3O5/c1-3-8-28-18-11-15(20)14(9-17(18)27-2)12-21-22-19(24)10-13-6-4-5-7-16(13)23(25)26/h3-7,9,11-12H,1,8,10H2,2H3,(H,22,24)/b21-12+. The van der Waals surface area contributed by atoms with Crippen LogP contribution in [0.3, 0.4) is 0 Å². The summed E-state index contributed by atoms with van der Waals surface area (Å²) >= 11 is 3.41. The van der Waals surface area contributed by atoms with Crippen LogP contribution in [0, 0.1) is 10.1 Å². The highest BCUT2D eigenvalue weighted by atomic mass is 79.9. The number of halogens is 1. The molecular weight excluding hydrogens is 430 g/mol. The van der Waals surface area contributed by atoms with Gasteiger partial charge in [-0.05, 0) is 28.1 Å². The van der Waals surface area contributed by atoms with Gasteiger partial charge in [-0.3, -0.25) is 14.9 Å². The molecule has 1 N–H and O–H groups in total. The van der Waals surface area contributed by atoms with Crippen LogP contribution in [0.4, 0.5) is 5.69 Å². The molecule has 0 aliphatic rings. The van der Waals surface area contributed by atoms with Crippen LogP contribution in [0.2, 0.25) is 0 Å². The fourth-order valence-corrected chi connectivity index (χ4v) is 2.72. The number of benzene rings is 2. The predicted molar refractivity (Wildman–Crippen MR) is 109 cm³/mol. The summed E-state index contributed by atoms with van der Waals surface area (Å²) in [5.74, 6) is 0.559. The summed E-state index contributed by atoms with van der Waals surface area (Å²) in [5.41, 5.74) is 3.21. The fourth-order valence-electron chi connectivity index (χ4n) is 2.30. The van der Waals surface area contributed by atoms with Gasteiger partial charge in [0.2, 0.25) is 5.91 Å². The molecular formula is C19H18BrN3O5. The Kier molecular flexibility index (Phi) is 7.70. The fraction of sp³-hybridized carbons (Fsp3) is 0.158. The lowest BCUT2D eigenvalue weighted by Crippen LogP contribution is -2.20. The summed E-state index contributed by atoms with van der Waals surface area (Å²) in [6, 6.07) is 9.48. The molecule has 146 valence electrons. The van der Waals surface area contributed by atoms with Crippen molar-refractivity contribution in [3.8, 4) is 11.5 Å². The zero-order valence-corrected chi connectivity index (χ0v) is 16.6. The second-order valence-electron chi connectivity index (χ2n) is 5.48. The smallest absolute Gasteiger partial charge is 0.273 e. The summed E-state index contributed by atoms with van der Waals surface area (Å²) in [7, 11) is 1.51. The summed E-state index contributed by atoms with van der Waals surface area (Å²) in [5, 5.41) is 14.9. The molecule has 9 heteroatoms. The normalized spacial score (nSPS) is 10.5. The average Bonchev–Trinajstić information content (AvgIpc) is 2.67. The van der Waals surface area contributed by atoms with E-state index in [2.05, 4.69) is 33.0 Å². The Morgan fingerprint density at radius 3 is 2.79 bits per heavy atom. The maximum Gasteiger partial charge on any atom is 0.273 e. The molecule has 0 unspecified atom stereocenters. The number of hydrogen-bond donors (Lipinski definition) is 1. The van der Waals surface area contributed by atoms with Gasteiger partial charge in [0.05, 0.1) is 24.7 Å². The van der Waals surface area contributed by atoms with Crippen LogP contribution in [0.1, 0.15) is 11.1 Å². The van der Waals surface area contributed by atoms with Crippen LogP contribution in [0.15, 0.2) is 58.6 Å². The van der Waals surface area contributed by atoms with Gasteiger partial charge >= 0.3 is 0 Å². The number of nitro benzene ring substituents is 1. The van der Waals surface area contributed by atoms with Gasteiger partial charge in [-0.1, -0.05) is 30.9 Å². The number of hydrogen-bond acceptors (Lipinski definition) is 6. The third-order valence-corrected chi connectivity index (χ3v) is 4.26. The molecule has 28 heavy (non-hydrogen) atoms. The highest BCUT2D eigenvalue weighted by molar-refractivity contribution is 9.10. The van der Waals surface area contributed by atoms with E-state index in [1.54, 1.807) is 30.3 Å². The van der Waals surface area contributed by atoms with E-state index in [0.29, 0.717) is 33.7 Å². The molecule has 0 aliphatic heterocycles. The topological polar surface area (TPSA) is 103 Å². The van der Waals surface area contributed by atoms with Crippen molar-refractivity contribution in [2.75, 3.05) is 13.7 Å². The summed E-state index contributed by atoms with van der Waals surface area (Å²) in [4.78, 5) is 22.5. The summed E-state index contributed by atoms with van der Waals surface area (Å²) < 4.78 is 11.5. The van der Waals surface area contributed by atoms with Crippen LogP contribution in [-0.2, 0) is 11.2 Å². The molecule has 0 fully saturated rings. The average molecular weight is 448 g/mol. The van der Waals surface area contributed by atoms with Crippen molar-refractivity contribution in [2.24, 2.45) is 5.10 Å². The van der Waals surface area contributed by atoms with Crippen LogP contribution >= 0.6 is 15.9 Å². The van der Waals surface area contributed by atoms with Crippen molar-refractivity contribution >= 4 is 33.7 Å². The number of carbonyl (C=O) groups excluding carboxylic acids is 1. The Morgan fingerprint density at radius 2 is 2.11 bits per heavy atom. The Balaban J connectivity index is 2.07. The van der Waals surface area contributed by atoms with Gasteiger partial charge in [0.25, 0.3) is 5.69 Å². The highest BCUT2D eigenvalue weighted by Crippen LogP contribution is 2.32. The minimum absolute atomic E-state index is 0.107. The van der Waals surface area contributed by atoms with Crippen molar-refractivity contribution < 1.29 is 19.2 Å². The highest BCUT2D eigenvalue weighted by Gasteiger charge is 2.15. The SMILES string of the molecule is C=CCOc1cc(Br)c(/C=N/NC(=O)Cc2ccccc2[N+](=O)[O-])cc1OC. The van der Waals surface area contributed by atoms with Crippen molar-refractivity contribution in [1.82, 2.24) is 5.43 Å². The van der Waals surface area contributed by atoms with Crippen LogP contribution < -0.4 is 14.9 Å². The molecule has 0 saturated carbocycles. The number of hydrazone groups is 1. The number of carbonyl (C=O) groups is 1. The van der Waals surface area contributed by atoms with Crippen molar-refractivity contribution in [3.63, 3.8) is 0 Å². The number of methoxy groups -OCH3 is 1. The van der Waals surface area contributed by atoms with E-state index >= 15 is 0 Å². The van der Waals surface area contributed by atoms with E-state index in [4.69, 9.17) is 9.47 Å². The van der Waals surface area contributed by atoms with Gasteiger partial charge in [-0.2, -0.15) is 5.10 Å². The van der Waals surface area contributed by atoms with Gasteiger partial charge in [0.15, 0.2) is 11.5 Å². The zero-order valence-electron chi connectivity index (χ0n) is 15.1. The number of nitrogens with zero attached hydrogens (tertiary/aromatic N) is 2. The maximum atomic E-state index is 12.0. The molecule has 0 bridgehead atoms. The Bertz CT molecular complexity index is 914. The second-order valence-corrected chi connectivity index (χ2v) is 6.33. The van der Waals surface area contributed by atoms with Gasteiger partial charge in [-0.15, -0.1) is 0 Å². The van der Waals surface area contributed by atoms with E-state index in [1.165, 1.54) is 25.5 Å². The summed E-state index contributed by atoms with van der Waals surface area (Å²) in [6.45, 7) is 3.93. The van der Waals surface area contributed by atoms with Crippen molar-refractivity contribution in [2.45, 2.75) is 6.42 Å². The van der Waals surface area contributed by atoms with E-state index in [-0.39, 0.29) is 12.1 Å². The third-order valence-electron chi connectivity index (χ3n) is 3.57. The lowest BCUT2D eigenvalue weighted by molar-refractivity contribution is -0.385. The zero-order chi connectivity index (χ0) is 20.5. The van der Waals surface area contributed by atoms with Crippen molar-refractivity contribution in [1.29, 1.82) is 0 Å². The minimum atomic E-state index is -0.523. The Hall–Kier alpha value is -3.20. The second kappa shape index (κ2) is 10.2. The van der Waals surface area contributed by atoms with E-state index in [0.717, 1.165) is 0 Å². The minimum Gasteiger partial charge on any atom is -0.493 e. The molecule has 8 nitrogen and oxygen atoms in total. The molecule has 2 aromatic carbocycles. The first-order valence-corrected chi connectivity index (χ1v) is 8.91. The number of nitro groups is 1. The molecule has 0 spiro atoms. The molecule has 2 aromatic rings. The van der Waals surface area contributed by atoms with Gasteiger partial charge in [0, 0.05) is 21.7 Å². The maximum absolute atomic E-state index is 12.0. The molecule has 2 rings (SSSR count). The Labute approximate surface area is 170 Å². The predicted octanol–water partition coefficient (Wildman–Crippen LogP) is 3.62. The van der Waals surface area contributed by atoms with Gasteiger partial charge in [-0.25, -0.2) is 5.43 Å². The van der Waals surface area contributed by atoms with Gasteiger partial charge in [0.1, 0.15) is 6.61 Å². The molecule has 0 atom stereocenters. The van der Waals surface area contributed by atoms with Crippen LogP contribution in [-0.4, -0.2) is 30.8 Å². The molecule has 0 saturated heterocycles. The first-order valence-electron chi connectivity index (χ1n) is 8.11. The number of ether oxygens (including phenoxy) is 2. The quantitative estimate of drug-likeness (QED) is 0.273. The molecule has 0 radical (unpaired) electrons. The number of amides is 1. The first-order chi connectivity index (χ1) is 13.5. The van der Waals surface area contributed by atoms with Crippen molar-refractivity contribution in [3.05, 3.63) is 74.8 Å². The summed E-state index contributed by atoms with van der Waals surface area (Å²) in [6.07, 6.45) is 2.89. The first kappa shape index (κ1) is 21.1. The molecule has 1 amide bonds. The Morgan fingerprint density at radius 1 is 1.36 bits per heavy atom. The van der Waals surface area contributed by atoms with E-state index < -0.39 is 10.8 Å². The van der Waals surface area contributed by atoms with Crippen LogP contribution in [0.5, 0.6) is 11.5 Å². The number of rotatable bonds is 9. The van der Waals surface area contributed by atoms with E-state index in [1.807, 2.05) is 0 Å². The lowest BCUT2D eigenvalue weighted by Gasteiger charge is -2.11. The number of nitrogens with one attached hydrogen (secondary N) is 1. The third kappa shape index (κ3) is 5.65. The molecule has 0 aliphatic carbocycles. The van der Waals surface area contributed by atoms with Crippen LogP contribution in [0.25, 0.3) is 0 Å². The molecule has 0 heterocycles. The largest absolute Gasteiger partial charge is 0.493 e.